The predicted octanol–water partition coefficient (Wildman–Crippen LogP) is -2.53. The topological polar surface area (TPSA) is 170 Å². The Balaban J connectivity index is 0.000000200. The molecule has 1 heterocycles. The molecule has 0 spiro atoms. The summed E-state index contributed by atoms with van der Waals surface area (Å²) in [5.41, 5.74) is 6.08. The molecular weight excluding hydrogens is 274 g/mol. The lowest BCUT2D eigenvalue weighted by atomic mass is 10.2. The number of aryl methyl sites for hydroxylation is 1. The smallest absolute Gasteiger partial charge is 0.407 e. The van der Waals surface area contributed by atoms with Crippen LogP contribution in [-0.2, 0) is 10.1 Å². The van der Waals surface area contributed by atoms with Crippen molar-refractivity contribution in [2.45, 2.75) is 11.8 Å². The quantitative estimate of drug-likeness (QED) is 0.293. The summed E-state index contributed by atoms with van der Waals surface area (Å²) in [5.74, 6) is 10.2. The highest BCUT2D eigenvalue weighted by molar-refractivity contribution is 7.85. The highest BCUT2D eigenvalue weighted by atomic mass is 32.2. The summed E-state index contributed by atoms with van der Waals surface area (Å²) in [7, 11) is -4.27. The molecule has 0 unspecified atom stereocenters. The lowest BCUT2D eigenvalue weighted by molar-refractivity contribution is -0.687. The van der Waals surface area contributed by atoms with Crippen LogP contribution in [0.1, 0.15) is 5.56 Å². The van der Waals surface area contributed by atoms with Crippen LogP contribution in [0, 0.1) is 6.92 Å². The summed E-state index contributed by atoms with van der Waals surface area (Å²) in [6.07, 6.45) is 0. The summed E-state index contributed by atoms with van der Waals surface area (Å²) in [5, 5.41) is 6.55. The van der Waals surface area contributed by atoms with E-state index in [1.165, 1.54) is 12.1 Å². The maximum Gasteiger partial charge on any atom is 0.407 e. The van der Waals surface area contributed by atoms with Crippen molar-refractivity contribution < 1.29 is 17.8 Å². The fraction of sp³-hybridized carbons (Fsp3) is 0.125. The molecule has 0 atom stereocenters. The maximum atomic E-state index is 10.4. The summed E-state index contributed by atoms with van der Waals surface area (Å²) >= 11 is 0. The number of anilines is 1. The SMILES string of the molecule is Cc1ccc(S(=O)(=O)[O-])cc1.Nc1n(N)nn[n+]1N. The largest absolute Gasteiger partial charge is 0.744 e. The van der Waals surface area contributed by atoms with Crippen molar-refractivity contribution in [1.29, 1.82) is 0 Å². The first-order valence-electron chi connectivity index (χ1n) is 4.88. The van der Waals surface area contributed by atoms with Gasteiger partial charge in [-0.1, -0.05) is 17.7 Å². The molecule has 0 radical (unpaired) electrons. The molecule has 0 aliphatic rings. The molecular formula is C8H13N7O3S. The predicted molar refractivity (Wildman–Crippen MR) is 64.1 cm³/mol. The Kier molecular flexibility index (Phi) is 4.24. The van der Waals surface area contributed by atoms with Crippen LogP contribution < -0.4 is 22.2 Å². The van der Waals surface area contributed by atoms with E-state index >= 15 is 0 Å². The summed E-state index contributed by atoms with van der Waals surface area (Å²) in [6, 6.07) is 5.78. The molecule has 2 aromatic rings. The average molecular weight is 287 g/mol. The first-order chi connectivity index (χ1) is 8.71. The van der Waals surface area contributed by atoms with E-state index in [2.05, 4.69) is 10.4 Å². The molecule has 0 bridgehead atoms. The third-order valence-corrected chi connectivity index (χ3v) is 2.86. The minimum atomic E-state index is -4.27. The molecule has 0 amide bonds. The number of tetrazole rings is 1. The molecule has 6 N–H and O–H groups in total. The number of hydrogen-bond acceptors (Lipinski definition) is 8. The highest BCUT2D eigenvalue weighted by Gasteiger charge is 2.08. The molecule has 104 valence electrons. The summed E-state index contributed by atoms with van der Waals surface area (Å²) < 4.78 is 31.2. The third kappa shape index (κ3) is 4.08. The zero-order chi connectivity index (χ0) is 14.6. The van der Waals surface area contributed by atoms with Gasteiger partial charge in [0.05, 0.1) is 10.1 Å². The fourth-order valence-electron chi connectivity index (χ4n) is 0.988. The van der Waals surface area contributed by atoms with Crippen molar-refractivity contribution in [3.8, 4) is 0 Å². The zero-order valence-electron chi connectivity index (χ0n) is 9.96. The highest BCUT2D eigenvalue weighted by Crippen LogP contribution is 2.08. The third-order valence-electron chi connectivity index (χ3n) is 2.01. The second-order valence-corrected chi connectivity index (χ2v) is 4.87. The van der Waals surface area contributed by atoms with Gasteiger partial charge < -0.3 is 10.3 Å². The molecule has 11 heteroatoms. The Morgan fingerprint density at radius 1 is 1.32 bits per heavy atom. The number of aromatic nitrogens is 4. The Bertz CT molecular complexity index is 630. The van der Waals surface area contributed by atoms with Crippen molar-refractivity contribution in [2.75, 3.05) is 17.4 Å². The van der Waals surface area contributed by atoms with Crippen LogP contribution in [0.3, 0.4) is 0 Å². The van der Waals surface area contributed by atoms with Gasteiger partial charge >= 0.3 is 5.95 Å². The Hall–Kier alpha value is -2.40. The maximum absolute atomic E-state index is 10.4. The number of nitrogen functional groups attached to an aromatic ring is 3. The van der Waals surface area contributed by atoms with Gasteiger partial charge in [-0.3, -0.25) is 11.7 Å². The average Bonchev–Trinajstić information content (AvgIpc) is 2.61. The standard InChI is InChI=1S/C7H8O3S.CH5N7/c1-6-2-4-7(5-3-6)11(8,9)10;2-1-7(3)5-6-8(1)4/h2-5H,1H3,(H,8,9,10);2H,3-4H2. The normalized spacial score (nSPS) is 10.6. The molecule has 0 saturated carbocycles. The molecule has 0 aliphatic carbocycles. The van der Waals surface area contributed by atoms with Crippen LogP contribution in [0.5, 0.6) is 0 Å². The van der Waals surface area contributed by atoms with E-state index in [1.54, 1.807) is 12.1 Å². The molecule has 0 fully saturated rings. The molecule has 0 aliphatic heterocycles. The second kappa shape index (κ2) is 5.49. The van der Waals surface area contributed by atoms with E-state index in [0.29, 0.717) is 0 Å². The minimum absolute atomic E-state index is 0.102. The number of nitrogens with zero attached hydrogens (tertiary/aromatic N) is 4. The molecule has 1 aromatic carbocycles. The van der Waals surface area contributed by atoms with Crippen molar-refractivity contribution >= 4 is 16.1 Å². The number of hydrogen-bond donors (Lipinski definition) is 3. The van der Waals surface area contributed by atoms with Crippen molar-refractivity contribution in [2.24, 2.45) is 0 Å². The van der Waals surface area contributed by atoms with Gasteiger partial charge in [-0.2, -0.15) is 0 Å². The molecule has 2 rings (SSSR count). The van der Waals surface area contributed by atoms with E-state index < -0.39 is 10.1 Å². The van der Waals surface area contributed by atoms with Crippen molar-refractivity contribution in [1.82, 2.24) is 15.2 Å². The van der Waals surface area contributed by atoms with Crippen molar-refractivity contribution in [3.05, 3.63) is 29.8 Å². The van der Waals surface area contributed by atoms with Gasteiger partial charge in [0.2, 0.25) is 0 Å². The van der Waals surface area contributed by atoms with Gasteiger partial charge in [0.1, 0.15) is 15.3 Å². The monoisotopic (exact) mass is 287 g/mol. The van der Waals surface area contributed by atoms with Gasteiger partial charge in [-0.15, -0.1) is 0 Å². The van der Waals surface area contributed by atoms with E-state index in [0.717, 1.165) is 15.1 Å². The van der Waals surface area contributed by atoms with Gasteiger partial charge in [0, 0.05) is 4.79 Å². The zero-order valence-corrected chi connectivity index (χ0v) is 10.8. The van der Waals surface area contributed by atoms with Crippen LogP contribution >= 0.6 is 0 Å². The molecule has 0 saturated heterocycles. The Morgan fingerprint density at radius 2 is 1.84 bits per heavy atom. The number of benzene rings is 1. The van der Waals surface area contributed by atoms with E-state index in [4.69, 9.17) is 17.4 Å². The van der Waals surface area contributed by atoms with Gasteiger partial charge in [0.25, 0.3) is 0 Å². The molecule has 1 aromatic heterocycles. The van der Waals surface area contributed by atoms with Gasteiger partial charge in [-0.25, -0.2) is 8.42 Å². The fourth-order valence-corrected chi connectivity index (χ4v) is 1.46. The number of rotatable bonds is 1. The molecule has 10 nitrogen and oxygen atoms in total. The van der Waals surface area contributed by atoms with Gasteiger partial charge in [0.15, 0.2) is 0 Å². The van der Waals surface area contributed by atoms with Crippen LogP contribution in [0.2, 0.25) is 0 Å². The van der Waals surface area contributed by atoms with Crippen LogP contribution in [0.4, 0.5) is 5.95 Å². The lowest BCUT2D eigenvalue weighted by Gasteiger charge is -2.05. The van der Waals surface area contributed by atoms with Crippen LogP contribution in [-0.4, -0.2) is 28.2 Å². The second-order valence-electron chi connectivity index (χ2n) is 3.49. The minimum Gasteiger partial charge on any atom is -0.744 e. The first kappa shape index (κ1) is 14.7. The van der Waals surface area contributed by atoms with E-state index in [-0.39, 0.29) is 10.8 Å². The van der Waals surface area contributed by atoms with Gasteiger partial charge in [-0.05, 0) is 23.8 Å². The van der Waals surface area contributed by atoms with Crippen LogP contribution in [0.15, 0.2) is 29.2 Å². The first-order valence-corrected chi connectivity index (χ1v) is 6.29. The van der Waals surface area contributed by atoms with E-state index in [9.17, 15) is 13.0 Å². The lowest BCUT2D eigenvalue weighted by Crippen LogP contribution is -2.49. The summed E-state index contributed by atoms with van der Waals surface area (Å²) in [4.78, 5) is 1.57. The Labute approximate surface area is 109 Å². The molecule has 19 heavy (non-hydrogen) atoms. The van der Waals surface area contributed by atoms with E-state index in [1.807, 2.05) is 6.92 Å². The van der Waals surface area contributed by atoms with Crippen molar-refractivity contribution in [3.63, 3.8) is 0 Å². The number of nitrogens with two attached hydrogens (primary N) is 3. The van der Waals surface area contributed by atoms with Crippen LogP contribution in [0.25, 0.3) is 0 Å². The Morgan fingerprint density at radius 3 is 2.11 bits per heavy atom. The summed E-state index contributed by atoms with van der Waals surface area (Å²) in [6.45, 7) is 1.82.